The van der Waals surface area contributed by atoms with Crippen LogP contribution in [0.25, 0.3) is 10.8 Å². The molecule has 10 N–H and O–H groups in total. The smallest absolute Gasteiger partial charge is 0.303 e. The highest BCUT2D eigenvalue weighted by molar-refractivity contribution is 5.97. The van der Waals surface area contributed by atoms with Crippen LogP contribution in [0.4, 0.5) is 0 Å². The average Bonchev–Trinajstić information content (AvgIpc) is 3.07. The summed E-state index contributed by atoms with van der Waals surface area (Å²) in [5.41, 5.74) is 5.99. The highest BCUT2D eigenvalue weighted by Gasteiger charge is 2.31. The third-order valence-electron chi connectivity index (χ3n) is 7.59. The highest BCUT2D eigenvalue weighted by Crippen LogP contribution is 2.17. The number of carbonyl (C=O) groups is 8. The summed E-state index contributed by atoms with van der Waals surface area (Å²) >= 11 is 0. The van der Waals surface area contributed by atoms with E-state index in [1.807, 2.05) is 36.4 Å². The number of carboxylic acids is 1. The summed E-state index contributed by atoms with van der Waals surface area (Å²) in [6, 6.07) is 7.60. The molecular formula is C34H47N7O10. The molecule has 0 saturated heterocycles. The first kappa shape index (κ1) is 41.6. The topological polar surface area (TPSA) is 275 Å². The number of amides is 7. The van der Waals surface area contributed by atoms with Gasteiger partial charge in [-0.05, 0) is 35.6 Å². The van der Waals surface area contributed by atoms with Gasteiger partial charge in [0.25, 0.3) is 0 Å². The van der Waals surface area contributed by atoms with Crippen LogP contribution in [0.2, 0.25) is 0 Å². The van der Waals surface area contributed by atoms with Gasteiger partial charge in [0.15, 0.2) is 0 Å². The zero-order chi connectivity index (χ0) is 38.1. The van der Waals surface area contributed by atoms with E-state index in [9.17, 15) is 38.4 Å². The SMILES string of the molecule is CC(C)[C@H](NC(=O)[C@H](C)NC(=O)[C@H](CC(N)=O)NC(=O)[C@H](Cc1ccc2ccccc2c1)NC(=O)CCC(=O)O)C(=O)NCC(=O)NCCCO. The molecule has 2 rings (SSSR count). The fraction of sp³-hybridized carbons (Fsp3) is 0.471. The van der Waals surface area contributed by atoms with E-state index in [0.717, 1.165) is 10.8 Å². The van der Waals surface area contributed by atoms with Crippen LogP contribution < -0.4 is 37.6 Å². The molecule has 0 bridgehead atoms. The van der Waals surface area contributed by atoms with Crippen LogP contribution in [0.1, 0.15) is 52.0 Å². The number of aliphatic carboxylic acids is 1. The maximum Gasteiger partial charge on any atom is 0.303 e. The number of primary amides is 1. The quantitative estimate of drug-likeness (QED) is 0.0665. The molecule has 51 heavy (non-hydrogen) atoms. The number of carboxylic acid groups (broad SMARTS) is 1. The highest BCUT2D eigenvalue weighted by atomic mass is 16.4. The Balaban J connectivity index is 2.15. The Labute approximate surface area is 294 Å². The van der Waals surface area contributed by atoms with Gasteiger partial charge in [-0.15, -0.1) is 0 Å². The van der Waals surface area contributed by atoms with Crippen molar-refractivity contribution in [1.29, 1.82) is 0 Å². The number of nitrogens with one attached hydrogen (secondary N) is 6. The summed E-state index contributed by atoms with van der Waals surface area (Å²) in [7, 11) is 0. The molecule has 0 heterocycles. The van der Waals surface area contributed by atoms with Crippen LogP contribution in [0, 0.1) is 5.92 Å². The van der Waals surface area contributed by atoms with Crippen molar-refractivity contribution in [2.24, 2.45) is 11.7 Å². The molecule has 17 nitrogen and oxygen atoms in total. The summed E-state index contributed by atoms with van der Waals surface area (Å²) in [4.78, 5) is 100. The van der Waals surface area contributed by atoms with Gasteiger partial charge in [0.2, 0.25) is 41.4 Å². The molecule has 0 aliphatic rings. The first-order valence-corrected chi connectivity index (χ1v) is 16.4. The minimum Gasteiger partial charge on any atom is -0.481 e. The fourth-order valence-electron chi connectivity index (χ4n) is 4.82. The van der Waals surface area contributed by atoms with E-state index in [0.29, 0.717) is 12.0 Å². The van der Waals surface area contributed by atoms with Crippen molar-refractivity contribution in [2.75, 3.05) is 19.7 Å². The van der Waals surface area contributed by atoms with Crippen molar-refractivity contribution in [3.8, 4) is 0 Å². The number of fused-ring (bicyclic) bond motifs is 1. The summed E-state index contributed by atoms with van der Waals surface area (Å²) < 4.78 is 0. The lowest BCUT2D eigenvalue weighted by Crippen LogP contribution is -2.59. The number of benzene rings is 2. The minimum absolute atomic E-state index is 0.0534. The van der Waals surface area contributed by atoms with Gasteiger partial charge in [-0.3, -0.25) is 38.4 Å². The van der Waals surface area contributed by atoms with E-state index < -0.39 is 96.7 Å². The summed E-state index contributed by atoms with van der Waals surface area (Å²) in [6.07, 6.45) is -1.28. The maximum absolute atomic E-state index is 13.5. The number of rotatable bonds is 21. The predicted octanol–water partition coefficient (Wildman–Crippen LogP) is -1.65. The molecule has 278 valence electrons. The molecule has 0 aliphatic carbocycles. The van der Waals surface area contributed by atoms with Crippen molar-refractivity contribution in [2.45, 2.75) is 77.0 Å². The van der Waals surface area contributed by atoms with Gasteiger partial charge in [0.05, 0.1) is 19.4 Å². The van der Waals surface area contributed by atoms with E-state index >= 15 is 0 Å². The van der Waals surface area contributed by atoms with E-state index in [-0.39, 0.29) is 26.1 Å². The molecule has 2 aromatic carbocycles. The van der Waals surface area contributed by atoms with Crippen LogP contribution in [0.5, 0.6) is 0 Å². The second-order valence-corrected chi connectivity index (χ2v) is 12.2. The molecule has 17 heteroatoms. The van der Waals surface area contributed by atoms with Gasteiger partial charge >= 0.3 is 5.97 Å². The Bertz CT molecular complexity index is 1580. The third-order valence-corrected chi connectivity index (χ3v) is 7.59. The van der Waals surface area contributed by atoms with Crippen molar-refractivity contribution < 1.29 is 48.6 Å². The largest absolute Gasteiger partial charge is 0.481 e. The van der Waals surface area contributed by atoms with Gasteiger partial charge in [-0.25, -0.2) is 0 Å². The Morgan fingerprint density at radius 3 is 2.02 bits per heavy atom. The molecule has 7 amide bonds. The summed E-state index contributed by atoms with van der Waals surface area (Å²) in [6.45, 7) is 4.36. The number of nitrogens with two attached hydrogens (primary N) is 1. The van der Waals surface area contributed by atoms with Crippen molar-refractivity contribution in [1.82, 2.24) is 31.9 Å². The molecule has 0 spiro atoms. The van der Waals surface area contributed by atoms with Crippen molar-refractivity contribution in [3.05, 3.63) is 48.0 Å². The second kappa shape index (κ2) is 20.8. The van der Waals surface area contributed by atoms with Gasteiger partial charge < -0.3 is 47.8 Å². The first-order valence-electron chi connectivity index (χ1n) is 16.4. The lowest BCUT2D eigenvalue weighted by Gasteiger charge is -2.26. The van der Waals surface area contributed by atoms with Gasteiger partial charge in [0.1, 0.15) is 24.2 Å². The standard InChI is InChI=1S/C34H47N7O10/c1-19(2)30(34(51)37-18-28(45)36-13-6-14-42)41-31(48)20(3)38-32(49)25(17-26(35)43)40-33(50)24(39-27(44)11-12-29(46)47)16-21-9-10-22-7-4-5-8-23(22)15-21/h4-5,7-10,15,19-20,24-25,30,42H,6,11-14,16-18H2,1-3H3,(H2,35,43)(H,36,45)(H,37,51)(H,38,49)(H,39,44)(H,40,50)(H,41,48)(H,46,47)/t20-,24-,25-,30-/m0/s1. The van der Waals surface area contributed by atoms with Crippen LogP contribution in [-0.4, -0.2) is 101 Å². The number of aliphatic hydroxyl groups excluding tert-OH is 1. The fourth-order valence-corrected chi connectivity index (χ4v) is 4.82. The second-order valence-electron chi connectivity index (χ2n) is 12.2. The van der Waals surface area contributed by atoms with Gasteiger partial charge in [0, 0.05) is 26.0 Å². The Morgan fingerprint density at radius 1 is 0.725 bits per heavy atom. The number of aliphatic hydroxyl groups is 1. The van der Waals surface area contributed by atoms with E-state index in [1.54, 1.807) is 19.9 Å². The zero-order valence-corrected chi connectivity index (χ0v) is 28.8. The molecule has 2 aromatic rings. The average molecular weight is 714 g/mol. The maximum atomic E-state index is 13.5. The van der Waals surface area contributed by atoms with Crippen LogP contribution in [-0.2, 0) is 44.8 Å². The molecule has 0 fully saturated rings. The van der Waals surface area contributed by atoms with E-state index in [1.165, 1.54) is 6.92 Å². The van der Waals surface area contributed by atoms with E-state index in [2.05, 4.69) is 31.9 Å². The minimum atomic E-state index is -1.58. The monoisotopic (exact) mass is 713 g/mol. The third kappa shape index (κ3) is 14.8. The zero-order valence-electron chi connectivity index (χ0n) is 28.8. The molecule has 4 atom stereocenters. The van der Waals surface area contributed by atoms with Crippen LogP contribution >= 0.6 is 0 Å². The summed E-state index contributed by atoms with van der Waals surface area (Å²) in [5, 5.41) is 34.4. The van der Waals surface area contributed by atoms with Gasteiger partial charge in [-0.2, -0.15) is 0 Å². The predicted molar refractivity (Wildman–Crippen MR) is 184 cm³/mol. The Hall–Kier alpha value is -5.58. The Morgan fingerprint density at radius 2 is 1.39 bits per heavy atom. The lowest BCUT2D eigenvalue weighted by atomic mass is 10.0. The number of hydrogen-bond donors (Lipinski definition) is 9. The van der Waals surface area contributed by atoms with Crippen LogP contribution in [0.15, 0.2) is 42.5 Å². The summed E-state index contributed by atoms with van der Waals surface area (Å²) in [5.74, 6) is -7.10. The Kier molecular flexibility index (Phi) is 17.0. The molecule has 0 aromatic heterocycles. The first-order chi connectivity index (χ1) is 24.1. The molecule has 0 unspecified atom stereocenters. The normalized spacial score (nSPS) is 13.2. The molecule has 0 radical (unpaired) electrons. The molecule has 0 saturated carbocycles. The molecule has 0 aliphatic heterocycles. The van der Waals surface area contributed by atoms with Crippen molar-refractivity contribution in [3.63, 3.8) is 0 Å². The number of hydrogen-bond acceptors (Lipinski definition) is 9. The van der Waals surface area contributed by atoms with E-state index in [4.69, 9.17) is 15.9 Å². The number of carbonyl (C=O) groups excluding carboxylic acids is 7. The molecular weight excluding hydrogens is 666 g/mol. The van der Waals surface area contributed by atoms with Gasteiger partial charge in [-0.1, -0.05) is 56.3 Å². The van der Waals surface area contributed by atoms with Crippen molar-refractivity contribution >= 4 is 58.1 Å². The lowest BCUT2D eigenvalue weighted by molar-refractivity contribution is -0.139. The van der Waals surface area contributed by atoms with Crippen LogP contribution in [0.3, 0.4) is 0 Å².